The fourth-order valence-corrected chi connectivity index (χ4v) is 3.11. The van der Waals surface area contributed by atoms with Crippen molar-refractivity contribution in [2.24, 2.45) is 5.92 Å². The summed E-state index contributed by atoms with van der Waals surface area (Å²) in [6.45, 7) is 7.39. The molecule has 0 bridgehead atoms. The maximum absolute atomic E-state index is 12.2. The van der Waals surface area contributed by atoms with Crippen molar-refractivity contribution in [3.05, 3.63) is 39.4 Å². The molecule has 2 heterocycles. The number of nitrogens with one attached hydrogen (secondary N) is 1. The Morgan fingerprint density at radius 1 is 1.29 bits per heavy atom. The van der Waals surface area contributed by atoms with Gasteiger partial charge in [-0.3, -0.25) is 14.5 Å². The van der Waals surface area contributed by atoms with Crippen LogP contribution in [0.4, 0.5) is 0 Å². The highest BCUT2D eigenvalue weighted by Crippen LogP contribution is 2.15. The number of carbonyl (C=O) groups is 1. The predicted molar refractivity (Wildman–Crippen MR) is 94.1 cm³/mol. The smallest absolute Gasteiger partial charge is 0.258 e. The van der Waals surface area contributed by atoms with Crippen LogP contribution in [-0.4, -0.2) is 51.9 Å². The minimum Gasteiger partial charge on any atom is -0.340 e. The van der Waals surface area contributed by atoms with E-state index in [0.717, 1.165) is 13.1 Å². The normalized spacial score (nSPS) is 16.1. The number of rotatable bonds is 3. The van der Waals surface area contributed by atoms with Gasteiger partial charge in [0.15, 0.2) is 0 Å². The molecule has 0 unspecified atom stereocenters. The Bertz CT molecular complexity index is 810. The zero-order chi connectivity index (χ0) is 17.3. The van der Waals surface area contributed by atoms with E-state index in [1.165, 1.54) is 0 Å². The van der Waals surface area contributed by atoms with Gasteiger partial charge in [-0.2, -0.15) is 0 Å². The Kier molecular flexibility index (Phi) is 4.87. The van der Waals surface area contributed by atoms with Crippen molar-refractivity contribution in [2.45, 2.75) is 20.4 Å². The van der Waals surface area contributed by atoms with Gasteiger partial charge in [-0.25, -0.2) is 4.98 Å². The highest BCUT2D eigenvalue weighted by atomic mass is 35.5. The Balaban J connectivity index is 1.69. The number of halogens is 1. The molecule has 24 heavy (non-hydrogen) atoms. The molecule has 1 aliphatic rings. The fourth-order valence-electron chi connectivity index (χ4n) is 2.94. The summed E-state index contributed by atoms with van der Waals surface area (Å²) in [6, 6.07) is 5.12. The number of fused-ring (bicyclic) bond motifs is 1. The van der Waals surface area contributed by atoms with Crippen LogP contribution in [0, 0.1) is 5.92 Å². The summed E-state index contributed by atoms with van der Waals surface area (Å²) in [5.74, 6) is 0.865. The number of aromatic nitrogens is 2. The van der Waals surface area contributed by atoms with E-state index in [1.54, 1.807) is 18.2 Å². The van der Waals surface area contributed by atoms with E-state index in [-0.39, 0.29) is 17.4 Å². The lowest BCUT2D eigenvalue weighted by atomic mass is 10.1. The molecule has 0 saturated carbocycles. The average molecular weight is 349 g/mol. The van der Waals surface area contributed by atoms with Gasteiger partial charge >= 0.3 is 0 Å². The Labute approximate surface area is 145 Å². The van der Waals surface area contributed by atoms with E-state index in [2.05, 4.69) is 14.9 Å². The van der Waals surface area contributed by atoms with Crippen LogP contribution in [0.1, 0.15) is 19.7 Å². The number of hydrogen-bond donors (Lipinski definition) is 1. The number of carbonyl (C=O) groups excluding carboxylic acids is 1. The first-order valence-corrected chi connectivity index (χ1v) is 8.51. The van der Waals surface area contributed by atoms with Gasteiger partial charge in [0.05, 0.1) is 17.4 Å². The zero-order valence-corrected chi connectivity index (χ0v) is 14.6. The molecule has 6 nitrogen and oxygen atoms in total. The van der Waals surface area contributed by atoms with Crippen LogP contribution in [0.2, 0.25) is 5.02 Å². The maximum atomic E-state index is 12.2. The van der Waals surface area contributed by atoms with E-state index < -0.39 is 0 Å². The number of nitrogens with zero attached hydrogens (tertiary/aromatic N) is 3. The fraction of sp³-hybridized carbons (Fsp3) is 0.471. The number of aromatic amines is 1. The van der Waals surface area contributed by atoms with Crippen LogP contribution >= 0.6 is 11.6 Å². The topological polar surface area (TPSA) is 69.3 Å². The first-order chi connectivity index (χ1) is 11.4. The van der Waals surface area contributed by atoms with Crippen LogP contribution in [0.3, 0.4) is 0 Å². The summed E-state index contributed by atoms with van der Waals surface area (Å²) >= 11 is 5.93. The highest BCUT2D eigenvalue weighted by Gasteiger charge is 2.23. The van der Waals surface area contributed by atoms with Gasteiger partial charge < -0.3 is 9.88 Å². The minimum absolute atomic E-state index is 0.0295. The third kappa shape index (κ3) is 3.60. The summed E-state index contributed by atoms with van der Waals surface area (Å²) in [6.07, 6.45) is 0. The molecule has 128 valence electrons. The number of amides is 1. The van der Waals surface area contributed by atoms with Crippen molar-refractivity contribution in [3.8, 4) is 0 Å². The summed E-state index contributed by atoms with van der Waals surface area (Å²) in [4.78, 5) is 35.7. The molecule has 0 radical (unpaired) electrons. The standard InChI is InChI=1S/C17H21ClN4O2/c1-11(2)17(24)22-7-5-21(6-8-22)10-15-19-14-4-3-12(18)9-13(14)16(23)20-15/h3-4,9,11H,5-8,10H2,1-2H3,(H,19,20,23). The molecule has 1 aliphatic heterocycles. The molecular formula is C17H21ClN4O2. The second-order valence-electron chi connectivity index (χ2n) is 6.43. The third-order valence-electron chi connectivity index (χ3n) is 4.27. The van der Waals surface area contributed by atoms with Crippen LogP contribution in [-0.2, 0) is 11.3 Å². The van der Waals surface area contributed by atoms with Gasteiger partial charge in [0.1, 0.15) is 5.82 Å². The van der Waals surface area contributed by atoms with Crippen LogP contribution < -0.4 is 5.56 Å². The average Bonchev–Trinajstić information content (AvgIpc) is 2.55. The van der Waals surface area contributed by atoms with Gasteiger partial charge in [0.2, 0.25) is 5.91 Å². The van der Waals surface area contributed by atoms with Crippen molar-refractivity contribution < 1.29 is 4.79 Å². The lowest BCUT2D eigenvalue weighted by molar-refractivity contribution is -0.136. The van der Waals surface area contributed by atoms with Gasteiger partial charge in [-0.15, -0.1) is 0 Å². The molecule has 0 aliphatic carbocycles. The van der Waals surface area contributed by atoms with Crippen molar-refractivity contribution in [1.29, 1.82) is 0 Å². The molecule has 0 spiro atoms. The summed E-state index contributed by atoms with van der Waals surface area (Å²) < 4.78 is 0. The summed E-state index contributed by atoms with van der Waals surface area (Å²) in [5.41, 5.74) is 0.470. The quantitative estimate of drug-likeness (QED) is 0.919. The van der Waals surface area contributed by atoms with Crippen molar-refractivity contribution in [3.63, 3.8) is 0 Å². The molecule has 1 fully saturated rings. The van der Waals surface area contributed by atoms with Crippen molar-refractivity contribution in [2.75, 3.05) is 26.2 Å². The van der Waals surface area contributed by atoms with E-state index >= 15 is 0 Å². The number of H-pyrrole nitrogens is 1. The molecule has 1 aromatic carbocycles. The highest BCUT2D eigenvalue weighted by molar-refractivity contribution is 6.31. The lowest BCUT2D eigenvalue weighted by Crippen LogP contribution is -2.49. The maximum Gasteiger partial charge on any atom is 0.258 e. The molecule has 1 N–H and O–H groups in total. The first-order valence-electron chi connectivity index (χ1n) is 8.13. The van der Waals surface area contributed by atoms with E-state index in [9.17, 15) is 9.59 Å². The number of hydrogen-bond acceptors (Lipinski definition) is 4. The molecule has 2 aromatic rings. The van der Waals surface area contributed by atoms with E-state index in [0.29, 0.717) is 41.4 Å². The van der Waals surface area contributed by atoms with E-state index in [1.807, 2.05) is 18.7 Å². The molecule has 1 saturated heterocycles. The van der Waals surface area contributed by atoms with Crippen LogP contribution in [0.5, 0.6) is 0 Å². The predicted octanol–water partition coefficient (Wildman–Crippen LogP) is 1.88. The first kappa shape index (κ1) is 16.9. The molecule has 1 aromatic heterocycles. The summed E-state index contributed by atoms with van der Waals surface area (Å²) in [5, 5.41) is 1.02. The number of benzene rings is 1. The second kappa shape index (κ2) is 6.91. The molecule has 7 heteroatoms. The van der Waals surface area contributed by atoms with Crippen LogP contribution in [0.25, 0.3) is 10.9 Å². The zero-order valence-electron chi connectivity index (χ0n) is 13.9. The monoisotopic (exact) mass is 348 g/mol. The SMILES string of the molecule is CC(C)C(=O)N1CCN(Cc2nc3ccc(Cl)cc3c(=O)[nH]2)CC1. The second-order valence-corrected chi connectivity index (χ2v) is 6.87. The third-order valence-corrected chi connectivity index (χ3v) is 4.50. The van der Waals surface area contributed by atoms with Gasteiger partial charge in [0, 0.05) is 37.1 Å². The van der Waals surface area contributed by atoms with Crippen molar-refractivity contribution >= 4 is 28.4 Å². The molecule has 0 atom stereocenters. The largest absolute Gasteiger partial charge is 0.340 e. The number of piperazine rings is 1. The lowest BCUT2D eigenvalue weighted by Gasteiger charge is -2.35. The van der Waals surface area contributed by atoms with Gasteiger partial charge in [0.25, 0.3) is 5.56 Å². The van der Waals surface area contributed by atoms with E-state index in [4.69, 9.17) is 11.6 Å². The Morgan fingerprint density at radius 3 is 2.67 bits per heavy atom. The van der Waals surface area contributed by atoms with Crippen LogP contribution in [0.15, 0.2) is 23.0 Å². The molecule has 1 amide bonds. The summed E-state index contributed by atoms with van der Waals surface area (Å²) in [7, 11) is 0. The molecular weight excluding hydrogens is 328 g/mol. The minimum atomic E-state index is -0.175. The van der Waals surface area contributed by atoms with Gasteiger partial charge in [-0.05, 0) is 18.2 Å². The Morgan fingerprint density at radius 2 is 2.00 bits per heavy atom. The van der Waals surface area contributed by atoms with Gasteiger partial charge in [-0.1, -0.05) is 25.4 Å². The molecule has 3 rings (SSSR count). The van der Waals surface area contributed by atoms with Crippen molar-refractivity contribution in [1.82, 2.24) is 19.8 Å². The Hall–Kier alpha value is -1.92.